The minimum absolute atomic E-state index is 0.741. The van der Waals surface area contributed by atoms with Crippen LogP contribution in [0.4, 0.5) is 11.5 Å². The number of aromatic nitrogens is 1. The van der Waals surface area contributed by atoms with Crippen molar-refractivity contribution in [2.24, 2.45) is 5.92 Å². The van der Waals surface area contributed by atoms with E-state index in [4.69, 9.17) is 5.73 Å². The molecule has 0 spiro atoms. The molecule has 3 rings (SSSR count). The number of pyridine rings is 1. The van der Waals surface area contributed by atoms with Crippen LogP contribution < -0.4 is 10.6 Å². The summed E-state index contributed by atoms with van der Waals surface area (Å²) in [4.78, 5) is 9.55. The van der Waals surface area contributed by atoms with E-state index in [1.165, 1.54) is 45.2 Å². The van der Waals surface area contributed by atoms with Crippen LogP contribution in [-0.2, 0) is 0 Å². The minimum atomic E-state index is 0.741. The fourth-order valence-corrected chi connectivity index (χ4v) is 3.87. The van der Waals surface area contributed by atoms with Crippen molar-refractivity contribution in [2.45, 2.75) is 45.1 Å². The zero-order valence-corrected chi connectivity index (χ0v) is 13.2. The molecule has 1 aromatic heterocycles. The average Bonchev–Trinajstić information content (AvgIpc) is 2.56. The van der Waals surface area contributed by atoms with Gasteiger partial charge in [0.05, 0.1) is 11.9 Å². The highest BCUT2D eigenvalue weighted by atomic mass is 15.3. The summed E-state index contributed by atoms with van der Waals surface area (Å²) in [7, 11) is 0. The number of hydrogen-bond acceptors (Lipinski definition) is 4. The molecule has 0 aromatic carbocycles. The molecule has 116 valence electrons. The summed E-state index contributed by atoms with van der Waals surface area (Å²) in [5.41, 5.74) is 6.45. The summed E-state index contributed by atoms with van der Waals surface area (Å²) in [5.74, 6) is 2.03. The zero-order chi connectivity index (χ0) is 14.7. The van der Waals surface area contributed by atoms with Crippen molar-refractivity contribution in [1.82, 2.24) is 9.88 Å². The first-order chi connectivity index (χ1) is 10.3. The van der Waals surface area contributed by atoms with Crippen molar-refractivity contribution in [3.63, 3.8) is 0 Å². The number of rotatable bonds is 3. The molecule has 4 heteroatoms. The second-order valence-corrected chi connectivity index (χ2v) is 6.57. The predicted molar refractivity (Wildman–Crippen MR) is 88.5 cm³/mol. The summed E-state index contributed by atoms with van der Waals surface area (Å²) in [6, 6.07) is 4.81. The Morgan fingerprint density at radius 3 is 2.67 bits per heavy atom. The van der Waals surface area contributed by atoms with E-state index in [-0.39, 0.29) is 0 Å². The molecule has 1 aliphatic heterocycles. The standard InChI is InChI=1S/C17H28N4/c1-2-14-4-3-5-16(12-14)20-8-10-21(11-9-20)17-7-6-15(18)13-19-17/h6-7,13-14,16H,2-5,8-12,18H2,1H3. The van der Waals surface area contributed by atoms with E-state index in [2.05, 4.69) is 21.7 Å². The second-order valence-electron chi connectivity index (χ2n) is 6.57. The Labute approximate surface area is 128 Å². The third-order valence-corrected chi connectivity index (χ3v) is 5.26. The van der Waals surface area contributed by atoms with Gasteiger partial charge in [0, 0.05) is 32.2 Å². The first-order valence-electron chi connectivity index (χ1n) is 8.46. The van der Waals surface area contributed by atoms with Crippen LogP contribution in [0.1, 0.15) is 39.0 Å². The van der Waals surface area contributed by atoms with Crippen LogP contribution in [0.5, 0.6) is 0 Å². The predicted octanol–water partition coefficient (Wildman–Crippen LogP) is 2.75. The van der Waals surface area contributed by atoms with E-state index in [0.717, 1.165) is 36.6 Å². The number of anilines is 2. The van der Waals surface area contributed by atoms with Crippen molar-refractivity contribution in [2.75, 3.05) is 36.8 Å². The van der Waals surface area contributed by atoms with Gasteiger partial charge in [-0.2, -0.15) is 0 Å². The van der Waals surface area contributed by atoms with Gasteiger partial charge < -0.3 is 10.6 Å². The molecule has 0 radical (unpaired) electrons. The van der Waals surface area contributed by atoms with E-state index in [0.29, 0.717) is 0 Å². The Hall–Kier alpha value is -1.29. The van der Waals surface area contributed by atoms with Gasteiger partial charge in [-0.1, -0.05) is 26.2 Å². The zero-order valence-electron chi connectivity index (χ0n) is 13.2. The first-order valence-corrected chi connectivity index (χ1v) is 8.46. The van der Waals surface area contributed by atoms with Crippen LogP contribution in [0.3, 0.4) is 0 Å². The monoisotopic (exact) mass is 288 g/mol. The lowest BCUT2D eigenvalue weighted by Gasteiger charge is -2.42. The van der Waals surface area contributed by atoms with Crippen LogP contribution in [0.15, 0.2) is 18.3 Å². The maximum atomic E-state index is 5.71. The summed E-state index contributed by atoms with van der Waals surface area (Å²) in [6.07, 6.45) is 8.79. The molecule has 1 aromatic rings. The largest absolute Gasteiger partial charge is 0.397 e. The van der Waals surface area contributed by atoms with Crippen LogP contribution in [0.25, 0.3) is 0 Å². The third-order valence-electron chi connectivity index (χ3n) is 5.26. The van der Waals surface area contributed by atoms with Crippen LogP contribution >= 0.6 is 0 Å². The number of piperazine rings is 1. The molecule has 1 saturated carbocycles. The van der Waals surface area contributed by atoms with Crippen molar-refractivity contribution >= 4 is 11.5 Å². The molecule has 1 aliphatic carbocycles. The highest BCUT2D eigenvalue weighted by Gasteiger charge is 2.28. The summed E-state index contributed by atoms with van der Waals surface area (Å²) < 4.78 is 0. The summed E-state index contributed by atoms with van der Waals surface area (Å²) in [5, 5.41) is 0. The van der Waals surface area contributed by atoms with Gasteiger partial charge in [-0.05, 0) is 30.9 Å². The van der Waals surface area contributed by atoms with Gasteiger partial charge in [-0.15, -0.1) is 0 Å². The van der Waals surface area contributed by atoms with Gasteiger partial charge in [0.2, 0.25) is 0 Å². The molecule has 2 N–H and O–H groups in total. The molecule has 2 heterocycles. The molecule has 2 fully saturated rings. The van der Waals surface area contributed by atoms with E-state index in [1.807, 2.05) is 12.1 Å². The van der Waals surface area contributed by atoms with Gasteiger partial charge in [0.25, 0.3) is 0 Å². The Bertz CT molecular complexity index is 437. The fourth-order valence-electron chi connectivity index (χ4n) is 3.87. The Balaban J connectivity index is 1.54. The second kappa shape index (κ2) is 6.65. The highest BCUT2D eigenvalue weighted by Crippen LogP contribution is 2.30. The van der Waals surface area contributed by atoms with Gasteiger partial charge in [-0.25, -0.2) is 4.98 Å². The van der Waals surface area contributed by atoms with E-state index in [9.17, 15) is 0 Å². The van der Waals surface area contributed by atoms with E-state index < -0.39 is 0 Å². The van der Waals surface area contributed by atoms with E-state index in [1.54, 1.807) is 6.20 Å². The topological polar surface area (TPSA) is 45.4 Å². The molecule has 21 heavy (non-hydrogen) atoms. The Morgan fingerprint density at radius 1 is 1.19 bits per heavy atom. The van der Waals surface area contributed by atoms with Gasteiger partial charge in [0.15, 0.2) is 0 Å². The lowest BCUT2D eigenvalue weighted by atomic mass is 9.83. The SMILES string of the molecule is CCC1CCCC(N2CCN(c3ccc(N)cn3)CC2)C1. The summed E-state index contributed by atoms with van der Waals surface area (Å²) >= 11 is 0. The maximum absolute atomic E-state index is 5.71. The Kier molecular flexibility index (Phi) is 4.63. The molecular formula is C17H28N4. The van der Waals surface area contributed by atoms with Gasteiger partial charge >= 0.3 is 0 Å². The lowest BCUT2D eigenvalue weighted by Crippen LogP contribution is -2.51. The number of hydrogen-bond donors (Lipinski definition) is 1. The third kappa shape index (κ3) is 3.49. The normalized spacial score (nSPS) is 27.8. The summed E-state index contributed by atoms with van der Waals surface area (Å²) in [6.45, 7) is 6.87. The van der Waals surface area contributed by atoms with Crippen LogP contribution in [0, 0.1) is 5.92 Å². The molecule has 2 atom stereocenters. The first kappa shape index (κ1) is 14.6. The number of nitrogen functional groups attached to an aromatic ring is 1. The number of nitrogens with zero attached hydrogens (tertiary/aromatic N) is 3. The lowest BCUT2D eigenvalue weighted by molar-refractivity contribution is 0.121. The van der Waals surface area contributed by atoms with Crippen molar-refractivity contribution in [1.29, 1.82) is 0 Å². The fraction of sp³-hybridized carbons (Fsp3) is 0.706. The number of nitrogens with two attached hydrogens (primary N) is 1. The highest BCUT2D eigenvalue weighted by molar-refractivity contribution is 5.46. The smallest absolute Gasteiger partial charge is 0.128 e. The van der Waals surface area contributed by atoms with Crippen LogP contribution in [-0.4, -0.2) is 42.1 Å². The molecule has 4 nitrogen and oxygen atoms in total. The van der Waals surface area contributed by atoms with Crippen molar-refractivity contribution < 1.29 is 0 Å². The molecule has 2 unspecified atom stereocenters. The maximum Gasteiger partial charge on any atom is 0.128 e. The van der Waals surface area contributed by atoms with Crippen molar-refractivity contribution in [3.05, 3.63) is 18.3 Å². The van der Waals surface area contributed by atoms with E-state index >= 15 is 0 Å². The minimum Gasteiger partial charge on any atom is -0.397 e. The quantitative estimate of drug-likeness (QED) is 0.929. The van der Waals surface area contributed by atoms with Crippen molar-refractivity contribution in [3.8, 4) is 0 Å². The van der Waals surface area contributed by atoms with Gasteiger partial charge in [0.1, 0.15) is 5.82 Å². The molecule has 2 aliphatic rings. The molecule has 0 bridgehead atoms. The Morgan fingerprint density at radius 2 is 2.00 bits per heavy atom. The van der Waals surface area contributed by atoms with Gasteiger partial charge in [-0.3, -0.25) is 4.90 Å². The molecular weight excluding hydrogens is 260 g/mol. The molecule has 0 amide bonds. The average molecular weight is 288 g/mol. The molecule has 1 saturated heterocycles. The van der Waals surface area contributed by atoms with Crippen LogP contribution in [0.2, 0.25) is 0 Å².